The lowest BCUT2D eigenvalue weighted by molar-refractivity contribution is -0.0500. The highest BCUT2D eigenvalue weighted by Gasteiger charge is 2.48. The van der Waals surface area contributed by atoms with Crippen molar-refractivity contribution in [3.05, 3.63) is 29.8 Å². The van der Waals surface area contributed by atoms with E-state index in [-0.39, 0.29) is 0 Å². The Bertz CT molecular complexity index is 577. The molecule has 0 saturated heterocycles. The Morgan fingerprint density at radius 1 is 1.21 bits per heavy atom. The maximum Gasteiger partial charge on any atom is 0.534 e. The Hall–Kier alpha value is -1.68. The lowest BCUT2D eigenvalue weighted by Gasteiger charge is -2.08. The van der Waals surface area contributed by atoms with Gasteiger partial charge >= 0.3 is 15.6 Å². The van der Waals surface area contributed by atoms with Gasteiger partial charge < -0.3 is 4.18 Å². The van der Waals surface area contributed by atoms with E-state index >= 15 is 0 Å². The molecule has 0 aliphatic carbocycles. The molecule has 19 heavy (non-hydrogen) atoms. The molecular formula is C12H11F3O3S. The number of halogens is 3. The second kappa shape index (κ2) is 5.97. The second-order valence-electron chi connectivity index (χ2n) is 3.56. The average Bonchev–Trinajstić information content (AvgIpc) is 2.30. The van der Waals surface area contributed by atoms with Gasteiger partial charge in [-0.05, 0) is 30.7 Å². The van der Waals surface area contributed by atoms with Crippen LogP contribution in [-0.4, -0.2) is 13.9 Å². The number of benzene rings is 1. The fourth-order valence-corrected chi connectivity index (χ4v) is 1.52. The summed E-state index contributed by atoms with van der Waals surface area (Å²) in [5.41, 5.74) is -4.86. The Kier molecular flexibility index (Phi) is 4.84. The molecule has 1 aromatic rings. The molecule has 0 unspecified atom stereocenters. The van der Waals surface area contributed by atoms with Crippen molar-refractivity contribution < 1.29 is 25.8 Å². The summed E-state index contributed by atoms with van der Waals surface area (Å²) in [6, 6.07) is 5.03. The summed E-state index contributed by atoms with van der Waals surface area (Å²) in [5.74, 6) is 5.24. The van der Waals surface area contributed by atoms with Gasteiger partial charge in [-0.15, -0.1) is 0 Å². The maximum atomic E-state index is 12.1. The van der Waals surface area contributed by atoms with Crippen LogP contribution < -0.4 is 4.18 Å². The van der Waals surface area contributed by atoms with Gasteiger partial charge in [0, 0.05) is 12.0 Å². The van der Waals surface area contributed by atoms with E-state index in [1.807, 2.05) is 6.92 Å². The van der Waals surface area contributed by atoms with Crippen molar-refractivity contribution in [3.8, 4) is 17.6 Å². The first-order valence-electron chi connectivity index (χ1n) is 5.36. The molecule has 0 amide bonds. The molecule has 0 aliphatic rings. The number of alkyl halides is 3. The first kappa shape index (κ1) is 15.4. The van der Waals surface area contributed by atoms with Crippen LogP contribution in [0.3, 0.4) is 0 Å². The monoisotopic (exact) mass is 292 g/mol. The standard InChI is InChI=1S/C12H11F3O3S/c1-2-3-4-5-10-6-8-11(9-7-10)18-19(16,17)12(13,14)15/h6-9H,2-3H2,1H3. The van der Waals surface area contributed by atoms with Crippen molar-refractivity contribution >= 4 is 10.1 Å². The molecule has 0 aromatic heterocycles. The van der Waals surface area contributed by atoms with E-state index < -0.39 is 21.4 Å². The Labute approximate surface area is 109 Å². The van der Waals surface area contributed by atoms with Gasteiger partial charge in [-0.2, -0.15) is 21.6 Å². The van der Waals surface area contributed by atoms with E-state index in [1.165, 1.54) is 12.1 Å². The van der Waals surface area contributed by atoms with Crippen molar-refractivity contribution in [2.75, 3.05) is 0 Å². The van der Waals surface area contributed by atoms with E-state index in [2.05, 4.69) is 16.0 Å². The maximum absolute atomic E-state index is 12.1. The van der Waals surface area contributed by atoms with Gasteiger partial charge in [0.25, 0.3) is 0 Å². The van der Waals surface area contributed by atoms with Crippen LogP contribution in [0.5, 0.6) is 5.75 Å². The largest absolute Gasteiger partial charge is 0.534 e. The fraction of sp³-hybridized carbons (Fsp3) is 0.333. The van der Waals surface area contributed by atoms with E-state index in [4.69, 9.17) is 0 Å². The summed E-state index contributed by atoms with van der Waals surface area (Å²) in [5, 5.41) is 0. The first-order valence-corrected chi connectivity index (χ1v) is 6.77. The van der Waals surface area contributed by atoms with E-state index in [0.29, 0.717) is 12.0 Å². The first-order chi connectivity index (χ1) is 8.76. The highest BCUT2D eigenvalue weighted by molar-refractivity contribution is 7.87. The van der Waals surface area contributed by atoms with Crippen LogP contribution in [0.1, 0.15) is 25.3 Å². The molecule has 1 rings (SSSR count). The highest BCUT2D eigenvalue weighted by Crippen LogP contribution is 2.26. The molecule has 1 aromatic carbocycles. The van der Waals surface area contributed by atoms with Gasteiger partial charge in [-0.25, -0.2) is 0 Å². The predicted molar refractivity (Wildman–Crippen MR) is 63.8 cm³/mol. The van der Waals surface area contributed by atoms with Crippen molar-refractivity contribution in [2.45, 2.75) is 25.3 Å². The predicted octanol–water partition coefficient (Wildman–Crippen LogP) is 3.07. The number of unbranched alkanes of at least 4 members (excludes halogenated alkanes) is 1. The van der Waals surface area contributed by atoms with Crippen LogP contribution in [0.15, 0.2) is 24.3 Å². The van der Waals surface area contributed by atoms with Gasteiger partial charge in [0.2, 0.25) is 0 Å². The van der Waals surface area contributed by atoms with E-state index in [9.17, 15) is 21.6 Å². The third-order valence-corrected chi connectivity index (χ3v) is 2.93. The Balaban J connectivity index is 2.82. The van der Waals surface area contributed by atoms with Crippen molar-refractivity contribution in [3.63, 3.8) is 0 Å². The van der Waals surface area contributed by atoms with Crippen LogP contribution in [0.2, 0.25) is 0 Å². The minimum atomic E-state index is -5.62. The Morgan fingerprint density at radius 2 is 1.79 bits per heavy atom. The lowest BCUT2D eigenvalue weighted by Crippen LogP contribution is -2.28. The summed E-state index contributed by atoms with van der Waals surface area (Å²) in [6.07, 6.45) is 1.61. The smallest absolute Gasteiger partial charge is 0.376 e. The number of rotatable bonds is 3. The van der Waals surface area contributed by atoms with Gasteiger partial charge in [-0.3, -0.25) is 0 Å². The molecule has 3 nitrogen and oxygen atoms in total. The summed E-state index contributed by atoms with van der Waals surface area (Å²) in [4.78, 5) is 0. The van der Waals surface area contributed by atoms with Gasteiger partial charge in [0.05, 0.1) is 0 Å². The number of hydrogen-bond acceptors (Lipinski definition) is 3. The average molecular weight is 292 g/mol. The van der Waals surface area contributed by atoms with Crippen molar-refractivity contribution in [1.82, 2.24) is 0 Å². The van der Waals surface area contributed by atoms with Gasteiger partial charge in [-0.1, -0.05) is 18.8 Å². The molecular weight excluding hydrogens is 281 g/mol. The quantitative estimate of drug-likeness (QED) is 0.488. The van der Waals surface area contributed by atoms with Crippen LogP contribution in [-0.2, 0) is 10.1 Å². The lowest BCUT2D eigenvalue weighted by atomic mass is 10.2. The van der Waals surface area contributed by atoms with Crippen LogP contribution in [0.4, 0.5) is 13.2 Å². The minimum absolute atomic E-state index is 0.404. The molecule has 0 heterocycles. The summed E-state index contributed by atoms with van der Waals surface area (Å²) >= 11 is 0. The molecule has 0 N–H and O–H groups in total. The topological polar surface area (TPSA) is 43.4 Å². The molecule has 0 fully saturated rings. The van der Waals surface area contributed by atoms with E-state index in [0.717, 1.165) is 18.6 Å². The van der Waals surface area contributed by atoms with Crippen LogP contribution in [0, 0.1) is 11.8 Å². The fourth-order valence-electron chi connectivity index (χ4n) is 1.06. The molecule has 0 bridgehead atoms. The minimum Gasteiger partial charge on any atom is -0.376 e. The molecule has 0 radical (unpaired) electrons. The van der Waals surface area contributed by atoms with Gasteiger partial charge in [0.15, 0.2) is 0 Å². The zero-order chi connectivity index (χ0) is 14.5. The number of hydrogen-bond donors (Lipinski definition) is 0. The van der Waals surface area contributed by atoms with Crippen LogP contribution >= 0.6 is 0 Å². The zero-order valence-electron chi connectivity index (χ0n) is 9.99. The van der Waals surface area contributed by atoms with Crippen molar-refractivity contribution in [1.29, 1.82) is 0 Å². The molecule has 0 atom stereocenters. The molecule has 0 aliphatic heterocycles. The summed E-state index contributed by atoms with van der Waals surface area (Å²) < 4.78 is 61.6. The summed E-state index contributed by atoms with van der Waals surface area (Å²) in [6.45, 7) is 1.97. The zero-order valence-corrected chi connectivity index (χ0v) is 10.8. The second-order valence-corrected chi connectivity index (χ2v) is 5.10. The SMILES string of the molecule is CCCC#Cc1ccc(OS(=O)(=O)C(F)(F)F)cc1. The third kappa shape index (κ3) is 4.48. The third-order valence-electron chi connectivity index (χ3n) is 1.95. The molecule has 104 valence electrons. The van der Waals surface area contributed by atoms with Crippen LogP contribution in [0.25, 0.3) is 0 Å². The normalized spacial score (nSPS) is 11.6. The molecule has 0 saturated carbocycles. The van der Waals surface area contributed by atoms with E-state index in [1.54, 1.807) is 0 Å². The summed E-state index contributed by atoms with van der Waals surface area (Å²) in [7, 11) is -5.62. The molecule has 7 heteroatoms. The van der Waals surface area contributed by atoms with Crippen molar-refractivity contribution in [2.24, 2.45) is 0 Å². The van der Waals surface area contributed by atoms with Gasteiger partial charge in [0.1, 0.15) is 5.75 Å². The highest BCUT2D eigenvalue weighted by atomic mass is 32.2. The Morgan fingerprint density at radius 3 is 2.26 bits per heavy atom. The molecule has 0 spiro atoms.